The fourth-order valence-corrected chi connectivity index (χ4v) is 1.95. The molecule has 0 aliphatic rings. The molecule has 0 spiro atoms. The lowest BCUT2D eigenvalue weighted by molar-refractivity contribution is -0.144. The maximum absolute atomic E-state index is 11.4. The van der Waals surface area contributed by atoms with Crippen molar-refractivity contribution in [1.29, 1.82) is 0 Å². The van der Waals surface area contributed by atoms with Gasteiger partial charge in [0.1, 0.15) is 6.04 Å². The van der Waals surface area contributed by atoms with E-state index in [-0.39, 0.29) is 12.0 Å². The molecule has 0 aliphatic heterocycles. The van der Waals surface area contributed by atoms with Crippen molar-refractivity contribution < 1.29 is 9.53 Å². The number of carbonyl (C=O) groups is 1. The first-order valence-corrected chi connectivity index (χ1v) is 6.16. The van der Waals surface area contributed by atoms with Crippen molar-refractivity contribution in [1.82, 2.24) is 5.32 Å². The highest BCUT2D eigenvalue weighted by Crippen LogP contribution is 2.14. The fraction of sp³-hybridized carbons (Fsp3) is 0.900. The normalized spacial score (nSPS) is 14.9. The van der Waals surface area contributed by atoms with E-state index >= 15 is 0 Å². The number of likely N-dealkylation sites (N-methyl/N-ethyl adjacent to an activating group) is 1. The summed E-state index contributed by atoms with van der Waals surface area (Å²) in [5, 5.41) is 3.57. The molecule has 0 aromatic carbocycles. The van der Waals surface area contributed by atoms with Crippen LogP contribution >= 0.6 is 11.8 Å². The maximum atomic E-state index is 11.4. The van der Waals surface area contributed by atoms with E-state index in [0.717, 1.165) is 12.2 Å². The first-order chi connectivity index (χ1) is 6.65. The number of esters is 1. The van der Waals surface area contributed by atoms with Gasteiger partial charge in [-0.25, -0.2) is 0 Å². The fourth-order valence-electron chi connectivity index (χ4n) is 0.890. The first-order valence-electron chi connectivity index (χ1n) is 5.11. The number of hydrogen-bond acceptors (Lipinski definition) is 4. The summed E-state index contributed by atoms with van der Waals surface area (Å²) in [6.45, 7) is 6.59. The third-order valence-corrected chi connectivity index (χ3v) is 3.47. The maximum Gasteiger partial charge on any atom is 0.323 e. The molecule has 2 unspecified atom stereocenters. The predicted octanol–water partition coefficient (Wildman–Crippen LogP) is 1.67. The minimum absolute atomic E-state index is 0.147. The Labute approximate surface area is 91.0 Å². The smallest absolute Gasteiger partial charge is 0.323 e. The largest absolute Gasteiger partial charge is 0.465 e. The van der Waals surface area contributed by atoms with Gasteiger partial charge >= 0.3 is 5.97 Å². The summed E-state index contributed by atoms with van der Waals surface area (Å²) in [7, 11) is 1.79. The Balaban J connectivity index is 3.84. The van der Waals surface area contributed by atoms with E-state index in [1.165, 1.54) is 0 Å². The molecule has 0 saturated carbocycles. The van der Waals surface area contributed by atoms with Crippen molar-refractivity contribution in [2.45, 2.75) is 38.5 Å². The van der Waals surface area contributed by atoms with Crippen LogP contribution in [0.5, 0.6) is 0 Å². The van der Waals surface area contributed by atoms with Gasteiger partial charge in [-0.15, -0.1) is 0 Å². The molecule has 0 aromatic rings. The lowest BCUT2D eigenvalue weighted by atomic mass is 10.3. The van der Waals surface area contributed by atoms with Crippen LogP contribution in [-0.4, -0.2) is 36.7 Å². The Hall–Kier alpha value is -0.220. The molecule has 14 heavy (non-hydrogen) atoms. The average molecular weight is 219 g/mol. The zero-order valence-electron chi connectivity index (χ0n) is 9.50. The van der Waals surface area contributed by atoms with E-state index in [2.05, 4.69) is 19.2 Å². The molecule has 0 aliphatic carbocycles. The zero-order valence-corrected chi connectivity index (χ0v) is 10.3. The highest BCUT2D eigenvalue weighted by molar-refractivity contribution is 7.99. The second-order valence-electron chi connectivity index (χ2n) is 3.15. The van der Waals surface area contributed by atoms with Crippen molar-refractivity contribution in [2.75, 3.05) is 19.4 Å². The van der Waals surface area contributed by atoms with Crippen LogP contribution in [0.3, 0.4) is 0 Å². The molecule has 0 bridgehead atoms. The third-order valence-electron chi connectivity index (χ3n) is 2.04. The van der Waals surface area contributed by atoms with Crippen molar-refractivity contribution in [3.63, 3.8) is 0 Å². The molecule has 1 N–H and O–H groups in total. The Morgan fingerprint density at radius 3 is 2.57 bits per heavy atom. The summed E-state index contributed by atoms with van der Waals surface area (Å²) in [6.07, 6.45) is 1.13. The van der Waals surface area contributed by atoms with Crippen molar-refractivity contribution >= 4 is 17.7 Å². The van der Waals surface area contributed by atoms with Crippen LogP contribution < -0.4 is 5.32 Å². The molecule has 0 fully saturated rings. The lowest BCUT2D eigenvalue weighted by Crippen LogP contribution is -2.38. The van der Waals surface area contributed by atoms with Gasteiger partial charge in [-0.05, 0) is 20.4 Å². The van der Waals surface area contributed by atoms with Gasteiger partial charge in [-0.2, -0.15) is 11.8 Å². The van der Waals surface area contributed by atoms with Crippen molar-refractivity contribution in [2.24, 2.45) is 0 Å². The average Bonchev–Trinajstić information content (AvgIpc) is 2.18. The minimum atomic E-state index is -0.172. The highest BCUT2D eigenvalue weighted by atomic mass is 32.2. The van der Waals surface area contributed by atoms with E-state index in [1.807, 2.05) is 6.92 Å². The summed E-state index contributed by atoms with van der Waals surface area (Å²) in [5.41, 5.74) is 0. The highest BCUT2D eigenvalue weighted by Gasteiger charge is 2.18. The summed E-state index contributed by atoms with van der Waals surface area (Å²) in [6, 6.07) is -0.172. The van der Waals surface area contributed by atoms with E-state index < -0.39 is 0 Å². The summed E-state index contributed by atoms with van der Waals surface area (Å²) in [4.78, 5) is 11.4. The van der Waals surface area contributed by atoms with E-state index in [1.54, 1.807) is 18.8 Å². The molecule has 2 atom stereocenters. The Morgan fingerprint density at radius 1 is 1.50 bits per heavy atom. The van der Waals surface area contributed by atoms with Crippen LogP contribution in [0.4, 0.5) is 0 Å². The number of nitrogens with one attached hydrogen (secondary N) is 1. The van der Waals surface area contributed by atoms with Crippen LogP contribution in [0.15, 0.2) is 0 Å². The van der Waals surface area contributed by atoms with Gasteiger partial charge in [-0.3, -0.25) is 4.79 Å². The van der Waals surface area contributed by atoms with Gasteiger partial charge in [0, 0.05) is 11.0 Å². The minimum Gasteiger partial charge on any atom is -0.465 e. The Kier molecular flexibility index (Phi) is 7.99. The second kappa shape index (κ2) is 8.12. The molecular formula is C10H21NO2S. The number of thioether (sulfide) groups is 1. The Morgan fingerprint density at radius 2 is 2.14 bits per heavy atom. The van der Waals surface area contributed by atoms with Gasteiger partial charge in [0.2, 0.25) is 0 Å². The van der Waals surface area contributed by atoms with Crippen LogP contribution in [0, 0.1) is 0 Å². The third kappa shape index (κ3) is 5.50. The Bertz CT molecular complexity index is 164. The molecule has 0 aromatic heterocycles. The van der Waals surface area contributed by atoms with Gasteiger partial charge < -0.3 is 10.1 Å². The summed E-state index contributed by atoms with van der Waals surface area (Å²) >= 11 is 1.80. The number of carbonyl (C=O) groups excluding carboxylic acids is 1. The zero-order chi connectivity index (χ0) is 11.0. The van der Waals surface area contributed by atoms with Crippen molar-refractivity contribution in [3.8, 4) is 0 Å². The SMILES string of the molecule is CCOC(=O)C(CSC(C)CC)NC. The molecule has 0 rings (SSSR count). The van der Waals surface area contributed by atoms with Crippen LogP contribution in [0.2, 0.25) is 0 Å². The predicted molar refractivity (Wildman–Crippen MR) is 61.7 cm³/mol. The molecule has 0 heterocycles. The molecule has 0 amide bonds. The number of hydrogen-bond donors (Lipinski definition) is 1. The summed E-state index contributed by atoms with van der Waals surface area (Å²) < 4.78 is 4.95. The quantitative estimate of drug-likeness (QED) is 0.661. The molecular weight excluding hydrogens is 198 g/mol. The first kappa shape index (κ1) is 13.8. The summed E-state index contributed by atoms with van der Waals surface area (Å²) in [5.74, 6) is 0.635. The van der Waals surface area contributed by atoms with E-state index in [0.29, 0.717) is 11.9 Å². The van der Waals surface area contributed by atoms with Crippen LogP contribution in [0.1, 0.15) is 27.2 Å². The molecule has 84 valence electrons. The number of ether oxygens (including phenoxy) is 1. The molecule has 4 heteroatoms. The second-order valence-corrected chi connectivity index (χ2v) is 4.62. The molecule has 0 radical (unpaired) electrons. The lowest BCUT2D eigenvalue weighted by Gasteiger charge is -2.16. The van der Waals surface area contributed by atoms with Gasteiger partial charge in [0.05, 0.1) is 6.61 Å². The van der Waals surface area contributed by atoms with Gasteiger partial charge in [0.25, 0.3) is 0 Å². The topological polar surface area (TPSA) is 38.3 Å². The van der Waals surface area contributed by atoms with Crippen LogP contribution in [-0.2, 0) is 9.53 Å². The number of rotatable bonds is 7. The van der Waals surface area contributed by atoms with Crippen LogP contribution in [0.25, 0.3) is 0 Å². The molecule has 0 saturated heterocycles. The standard InChI is InChI=1S/C10H21NO2S/c1-5-8(3)14-7-9(11-4)10(12)13-6-2/h8-9,11H,5-7H2,1-4H3. The van der Waals surface area contributed by atoms with E-state index in [9.17, 15) is 4.79 Å². The van der Waals surface area contributed by atoms with E-state index in [4.69, 9.17) is 4.74 Å². The van der Waals surface area contributed by atoms with Crippen molar-refractivity contribution in [3.05, 3.63) is 0 Å². The monoisotopic (exact) mass is 219 g/mol. The van der Waals surface area contributed by atoms with Gasteiger partial charge in [0.15, 0.2) is 0 Å². The molecule has 3 nitrogen and oxygen atoms in total. The van der Waals surface area contributed by atoms with Gasteiger partial charge in [-0.1, -0.05) is 13.8 Å².